The summed E-state index contributed by atoms with van der Waals surface area (Å²) in [5, 5.41) is 0. The summed E-state index contributed by atoms with van der Waals surface area (Å²) < 4.78 is 10.2. The van der Waals surface area contributed by atoms with Gasteiger partial charge in [0.15, 0.2) is 6.29 Å². The number of hydrogen-bond acceptors (Lipinski definition) is 3. The highest BCUT2D eigenvalue weighted by molar-refractivity contribution is 5.87. The molecule has 0 heterocycles. The van der Waals surface area contributed by atoms with Crippen molar-refractivity contribution in [3.05, 3.63) is 29.8 Å². The third-order valence-electron chi connectivity index (χ3n) is 2.11. The van der Waals surface area contributed by atoms with Crippen LogP contribution in [-0.4, -0.2) is 26.2 Å². The zero-order valence-electron chi connectivity index (χ0n) is 9.65. The summed E-state index contributed by atoms with van der Waals surface area (Å²) in [4.78, 5) is 4.41. The van der Waals surface area contributed by atoms with Crippen LogP contribution in [0.15, 0.2) is 29.3 Å². The Morgan fingerprint density at radius 1 is 1.13 bits per heavy atom. The first kappa shape index (κ1) is 11.9. The molecule has 0 unspecified atom stereocenters. The minimum atomic E-state index is -0.369. The first-order chi connectivity index (χ1) is 7.17. The van der Waals surface area contributed by atoms with Crippen LogP contribution in [0.1, 0.15) is 12.5 Å². The van der Waals surface area contributed by atoms with Gasteiger partial charge in [0.05, 0.1) is 11.4 Å². The number of nitrogens with zero attached hydrogens (tertiary/aromatic N) is 1. The zero-order valence-corrected chi connectivity index (χ0v) is 9.65. The Hall–Kier alpha value is -1.19. The maximum atomic E-state index is 5.10. The standard InChI is InChI=1S/C12H17NO2/c1-9-5-7-11(8-6-9)13-10(2)12(14-3)15-4/h5-8,12H,1-4H3. The van der Waals surface area contributed by atoms with E-state index in [4.69, 9.17) is 9.47 Å². The van der Waals surface area contributed by atoms with Crippen molar-refractivity contribution >= 4 is 11.4 Å². The molecule has 82 valence electrons. The summed E-state index contributed by atoms with van der Waals surface area (Å²) >= 11 is 0. The number of hydrogen-bond donors (Lipinski definition) is 0. The van der Waals surface area contributed by atoms with E-state index in [1.807, 2.05) is 38.1 Å². The number of methoxy groups -OCH3 is 2. The van der Waals surface area contributed by atoms with Crippen molar-refractivity contribution in [2.45, 2.75) is 20.1 Å². The second-order valence-corrected chi connectivity index (χ2v) is 3.39. The van der Waals surface area contributed by atoms with E-state index >= 15 is 0 Å². The molecule has 0 radical (unpaired) electrons. The Labute approximate surface area is 90.7 Å². The quantitative estimate of drug-likeness (QED) is 0.561. The van der Waals surface area contributed by atoms with Crippen LogP contribution in [0.4, 0.5) is 5.69 Å². The molecule has 0 bridgehead atoms. The van der Waals surface area contributed by atoms with E-state index in [1.54, 1.807) is 14.2 Å². The fraction of sp³-hybridized carbons (Fsp3) is 0.417. The molecule has 1 aromatic rings. The summed E-state index contributed by atoms with van der Waals surface area (Å²) in [6.45, 7) is 3.94. The van der Waals surface area contributed by atoms with Gasteiger partial charge in [-0.1, -0.05) is 17.7 Å². The number of rotatable bonds is 4. The summed E-state index contributed by atoms with van der Waals surface area (Å²) in [5.41, 5.74) is 2.95. The molecule has 3 nitrogen and oxygen atoms in total. The lowest BCUT2D eigenvalue weighted by Crippen LogP contribution is -2.21. The Morgan fingerprint density at radius 2 is 1.67 bits per heavy atom. The van der Waals surface area contributed by atoms with Crippen molar-refractivity contribution in [2.75, 3.05) is 14.2 Å². The highest BCUT2D eigenvalue weighted by Crippen LogP contribution is 2.13. The van der Waals surface area contributed by atoms with Gasteiger partial charge < -0.3 is 9.47 Å². The topological polar surface area (TPSA) is 30.8 Å². The Bertz CT molecular complexity index is 326. The fourth-order valence-corrected chi connectivity index (χ4v) is 1.31. The van der Waals surface area contributed by atoms with Crippen LogP contribution in [-0.2, 0) is 9.47 Å². The van der Waals surface area contributed by atoms with Gasteiger partial charge in [-0.05, 0) is 26.0 Å². The lowest BCUT2D eigenvalue weighted by Gasteiger charge is -2.12. The second kappa shape index (κ2) is 5.63. The van der Waals surface area contributed by atoms with E-state index in [0.717, 1.165) is 11.4 Å². The van der Waals surface area contributed by atoms with Gasteiger partial charge in [-0.3, -0.25) is 4.99 Å². The van der Waals surface area contributed by atoms with Crippen LogP contribution < -0.4 is 0 Å². The van der Waals surface area contributed by atoms with Gasteiger partial charge in [-0.2, -0.15) is 0 Å². The van der Waals surface area contributed by atoms with E-state index in [1.165, 1.54) is 5.56 Å². The molecule has 0 amide bonds. The molecule has 0 saturated carbocycles. The lowest BCUT2D eigenvalue weighted by molar-refractivity contribution is -0.0522. The molecule has 0 aliphatic carbocycles. The average molecular weight is 207 g/mol. The number of ether oxygens (including phenoxy) is 2. The molecule has 0 aromatic heterocycles. The molecule has 0 N–H and O–H groups in total. The molecule has 0 atom stereocenters. The Balaban J connectivity index is 2.81. The molecule has 0 saturated heterocycles. The van der Waals surface area contributed by atoms with Crippen LogP contribution in [0.3, 0.4) is 0 Å². The Kier molecular flexibility index (Phi) is 4.46. The van der Waals surface area contributed by atoms with Crippen molar-refractivity contribution in [2.24, 2.45) is 4.99 Å². The first-order valence-electron chi connectivity index (χ1n) is 4.85. The van der Waals surface area contributed by atoms with Crippen molar-refractivity contribution in [3.63, 3.8) is 0 Å². The first-order valence-corrected chi connectivity index (χ1v) is 4.85. The molecule has 0 aliphatic heterocycles. The van der Waals surface area contributed by atoms with E-state index in [-0.39, 0.29) is 6.29 Å². The van der Waals surface area contributed by atoms with Crippen molar-refractivity contribution in [3.8, 4) is 0 Å². The average Bonchev–Trinajstić information content (AvgIpc) is 2.23. The van der Waals surface area contributed by atoms with Gasteiger partial charge in [-0.15, -0.1) is 0 Å². The molecular weight excluding hydrogens is 190 g/mol. The minimum Gasteiger partial charge on any atom is -0.351 e. The lowest BCUT2D eigenvalue weighted by atomic mass is 10.2. The third kappa shape index (κ3) is 3.46. The van der Waals surface area contributed by atoms with Gasteiger partial charge in [0.2, 0.25) is 0 Å². The summed E-state index contributed by atoms with van der Waals surface area (Å²) in [6.07, 6.45) is -0.369. The highest BCUT2D eigenvalue weighted by Gasteiger charge is 2.08. The summed E-state index contributed by atoms with van der Waals surface area (Å²) in [7, 11) is 3.20. The van der Waals surface area contributed by atoms with Crippen LogP contribution in [0.2, 0.25) is 0 Å². The predicted octanol–water partition coefficient (Wildman–Crippen LogP) is 2.71. The predicted molar refractivity (Wildman–Crippen MR) is 61.8 cm³/mol. The van der Waals surface area contributed by atoms with Gasteiger partial charge in [-0.25, -0.2) is 0 Å². The van der Waals surface area contributed by atoms with E-state index in [2.05, 4.69) is 4.99 Å². The highest BCUT2D eigenvalue weighted by atomic mass is 16.7. The van der Waals surface area contributed by atoms with Gasteiger partial charge >= 0.3 is 0 Å². The van der Waals surface area contributed by atoms with E-state index in [0.29, 0.717) is 0 Å². The number of aryl methyl sites for hydroxylation is 1. The molecule has 1 rings (SSSR count). The van der Waals surface area contributed by atoms with Crippen LogP contribution in [0.25, 0.3) is 0 Å². The molecule has 3 heteroatoms. The molecule has 0 fully saturated rings. The van der Waals surface area contributed by atoms with Crippen LogP contribution in [0, 0.1) is 6.92 Å². The maximum absolute atomic E-state index is 5.10. The van der Waals surface area contributed by atoms with Gasteiger partial charge in [0, 0.05) is 14.2 Å². The molecule has 0 aliphatic rings. The van der Waals surface area contributed by atoms with Gasteiger partial charge in [0.1, 0.15) is 0 Å². The summed E-state index contributed by atoms with van der Waals surface area (Å²) in [6, 6.07) is 8.00. The number of benzene rings is 1. The van der Waals surface area contributed by atoms with Crippen molar-refractivity contribution in [1.29, 1.82) is 0 Å². The minimum absolute atomic E-state index is 0.369. The third-order valence-corrected chi connectivity index (χ3v) is 2.11. The second-order valence-electron chi connectivity index (χ2n) is 3.39. The largest absolute Gasteiger partial charge is 0.351 e. The Morgan fingerprint density at radius 3 is 2.13 bits per heavy atom. The molecule has 1 aromatic carbocycles. The van der Waals surface area contributed by atoms with Crippen LogP contribution in [0.5, 0.6) is 0 Å². The van der Waals surface area contributed by atoms with Crippen molar-refractivity contribution < 1.29 is 9.47 Å². The zero-order chi connectivity index (χ0) is 11.3. The van der Waals surface area contributed by atoms with Crippen LogP contribution >= 0.6 is 0 Å². The van der Waals surface area contributed by atoms with Crippen molar-refractivity contribution in [1.82, 2.24) is 0 Å². The summed E-state index contributed by atoms with van der Waals surface area (Å²) in [5.74, 6) is 0. The fourth-order valence-electron chi connectivity index (χ4n) is 1.31. The van der Waals surface area contributed by atoms with Gasteiger partial charge in [0.25, 0.3) is 0 Å². The smallest absolute Gasteiger partial charge is 0.196 e. The number of aliphatic imine (C=N–C) groups is 1. The molecule has 0 spiro atoms. The maximum Gasteiger partial charge on any atom is 0.196 e. The normalized spacial score (nSPS) is 12.2. The molecule has 15 heavy (non-hydrogen) atoms. The van der Waals surface area contributed by atoms with E-state index < -0.39 is 0 Å². The SMILES string of the molecule is COC(OC)C(C)=Nc1ccc(C)cc1. The monoisotopic (exact) mass is 207 g/mol. The molecular formula is C12H17NO2. The van der Waals surface area contributed by atoms with E-state index in [9.17, 15) is 0 Å².